The first kappa shape index (κ1) is 23.8. The van der Waals surface area contributed by atoms with Crippen LogP contribution in [0.2, 0.25) is 0 Å². The number of aliphatic hydroxyl groups is 1. The maximum atomic E-state index is 12.3. The molecule has 1 aliphatic rings. The van der Waals surface area contributed by atoms with Crippen LogP contribution in [0.15, 0.2) is 66.7 Å². The zero-order valence-electron chi connectivity index (χ0n) is 20.3. The second-order valence-electron chi connectivity index (χ2n) is 9.62. The number of likely N-dealkylation sites (tertiary alicyclic amines) is 1. The molecule has 35 heavy (non-hydrogen) atoms. The van der Waals surface area contributed by atoms with Gasteiger partial charge >= 0.3 is 0 Å². The second kappa shape index (κ2) is 10.4. The summed E-state index contributed by atoms with van der Waals surface area (Å²) in [6.07, 6.45) is 1.63. The highest BCUT2D eigenvalue weighted by Crippen LogP contribution is 2.34. The van der Waals surface area contributed by atoms with Gasteiger partial charge in [0.15, 0.2) is 0 Å². The number of thiophene rings is 1. The van der Waals surface area contributed by atoms with Gasteiger partial charge < -0.3 is 19.6 Å². The normalized spacial score (nSPS) is 16.0. The molecule has 3 aromatic carbocycles. The molecule has 1 aliphatic heterocycles. The van der Waals surface area contributed by atoms with E-state index in [4.69, 9.17) is 4.74 Å². The molecular formula is C29H32N2O3S. The van der Waals surface area contributed by atoms with E-state index < -0.39 is 6.10 Å². The molecule has 1 aromatic heterocycles. The van der Waals surface area contributed by atoms with Crippen molar-refractivity contribution in [2.24, 2.45) is 0 Å². The van der Waals surface area contributed by atoms with Crippen molar-refractivity contribution < 1.29 is 14.6 Å². The number of ether oxygens (including phenoxy) is 1. The topological polar surface area (TPSA) is 53.0 Å². The fourth-order valence-corrected chi connectivity index (χ4v) is 6.03. The first-order valence-corrected chi connectivity index (χ1v) is 13.1. The van der Waals surface area contributed by atoms with Crippen LogP contribution in [0.1, 0.15) is 34.0 Å². The molecular weight excluding hydrogens is 456 g/mol. The molecule has 0 radical (unpaired) electrons. The summed E-state index contributed by atoms with van der Waals surface area (Å²) >= 11 is 1.47. The highest BCUT2D eigenvalue weighted by Gasteiger charge is 2.23. The van der Waals surface area contributed by atoms with Crippen molar-refractivity contribution >= 4 is 38.1 Å². The van der Waals surface area contributed by atoms with Crippen LogP contribution in [0.4, 0.5) is 0 Å². The number of piperidine rings is 1. The Morgan fingerprint density at radius 2 is 1.83 bits per heavy atom. The molecule has 5 rings (SSSR count). The number of hydrogen-bond donors (Lipinski definition) is 1. The fraction of sp³-hybridized carbons (Fsp3) is 0.345. The van der Waals surface area contributed by atoms with Gasteiger partial charge in [0.25, 0.3) is 5.91 Å². The molecule has 5 nitrogen and oxygen atoms in total. The van der Waals surface area contributed by atoms with Gasteiger partial charge in [-0.3, -0.25) is 4.79 Å². The summed E-state index contributed by atoms with van der Waals surface area (Å²) in [5.41, 5.74) is 1.42. The van der Waals surface area contributed by atoms with Gasteiger partial charge in [0, 0.05) is 30.7 Å². The Morgan fingerprint density at radius 3 is 2.60 bits per heavy atom. The van der Waals surface area contributed by atoms with Crippen LogP contribution in [0, 0.1) is 0 Å². The Kier molecular flexibility index (Phi) is 7.04. The summed E-state index contributed by atoms with van der Waals surface area (Å²) in [6, 6.07) is 23.1. The molecule has 182 valence electrons. The predicted molar refractivity (Wildman–Crippen MR) is 144 cm³/mol. The van der Waals surface area contributed by atoms with Crippen molar-refractivity contribution in [3.05, 3.63) is 77.2 Å². The van der Waals surface area contributed by atoms with Gasteiger partial charge in [0.1, 0.15) is 18.5 Å². The monoisotopic (exact) mass is 488 g/mol. The zero-order valence-corrected chi connectivity index (χ0v) is 21.1. The Balaban J connectivity index is 1.15. The minimum atomic E-state index is -0.566. The largest absolute Gasteiger partial charge is 0.490 e. The zero-order chi connectivity index (χ0) is 24.4. The van der Waals surface area contributed by atoms with Crippen LogP contribution < -0.4 is 4.74 Å². The van der Waals surface area contributed by atoms with Crippen LogP contribution in [0.3, 0.4) is 0 Å². The molecule has 1 unspecified atom stereocenters. The van der Waals surface area contributed by atoms with E-state index in [1.807, 2.05) is 24.3 Å². The lowest BCUT2D eigenvalue weighted by Gasteiger charge is -2.33. The van der Waals surface area contributed by atoms with Gasteiger partial charge in [0.2, 0.25) is 0 Å². The molecule has 0 aliphatic carbocycles. The number of nitrogens with zero attached hydrogens (tertiary/aromatic N) is 2. The average molecular weight is 489 g/mol. The van der Waals surface area contributed by atoms with Gasteiger partial charge in [-0.2, -0.15) is 0 Å². The SMILES string of the molecule is CN(C)C(=O)c1cc2c(OCC(O)CN3CCC(c4ccc5ccccc5c4)CC3)cccc2s1. The summed E-state index contributed by atoms with van der Waals surface area (Å²) in [4.78, 5) is 16.9. The second-order valence-corrected chi connectivity index (χ2v) is 10.7. The van der Waals surface area contributed by atoms with Crippen molar-refractivity contribution in [2.45, 2.75) is 24.9 Å². The van der Waals surface area contributed by atoms with Crippen LogP contribution in [0.25, 0.3) is 20.9 Å². The summed E-state index contributed by atoms with van der Waals surface area (Å²) in [5, 5.41) is 14.2. The van der Waals surface area contributed by atoms with Gasteiger partial charge in [-0.05, 0) is 66.4 Å². The molecule has 1 fully saturated rings. The first-order chi connectivity index (χ1) is 17.0. The quantitative estimate of drug-likeness (QED) is 0.380. The van der Waals surface area contributed by atoms with Crippen LogP contribution >= 0.6 is 11.3 Å². The number of aliphatic hydroxyl groups excluding tert-OH is 1. The fourth-order valence-electron chi connectivity index (χ4n) is 4.93. The highest BCUT2D eigenvalue weighted by atomic mass is 32.1. The number of rotatable bonds is 7. The van der Waals surface area contributed by atoms with E-state index in [1.54, 1.807) is 19.0 Å². The maximum absolute atomic E-state index is 12.3. The van der Waals surface area contributed by atoms with Gasteiger partial charge in [-0.25, -0.2) is 0 Å². The number of β-amino-alcohol motifs (C(OH)–C–C–N with tert-alkyl or cyclic N) is 1. The van der Waals surface area contributed by atoms with E-state index >= 15 is 0 Å². The van der Waals surface area contributed by atoms with Gasteiger partial charge in [0.05, 0.1) is 4.88 Å². The number of benzene rings is 3. The number of carbonyl (C=O) groups excluding carboxylic acids is 1. The Morgan fingerprint density at radius 1 is 1.06 bits per heavy atom. The van der Waals surface area contributed by atoms with Crippen molar-refractivity contribution in [1.82, 2.24) is 9.80 Å². The lowest BCUT2D eigenvalue weighted by atomic mass is 9.88. The average Bonchev–Trinajstić information content (AvgIpc) is 3.32. The molecule has 1 saturated heterocycles. The van der Waals surface area contributed by atoms with Crippen molar-refractivity contribution in [2.75, 3.05) is 40.3 Å². The van der Waals surface area contributed by atoms with Gasteiger partial charge in [-0.1, -0.05) is 48.5 Å². The Labute approximate surface area is 210 Å². The Hall–Kier alpha value is -2.93. The van der Waals surface area contributed by atoms with E-state index in [0.29, 0.717) is 23.1 Å². The first-order valence-electron chi connectivity index (χ1n) is 12.2. The highest BCUT2D eigenvalue weighted by molar-refractivity contribution is 7.20. The van der Waals surface area contributed by atoms with Crippen molar-refractivity contribution in [1.29, 1.82) is 0 Å². The molecule has 2 heterocycles. The summed E-state index contributed by atoms with van der Waals surface area (Å²) in [6.45, 7) is 2.79. The lowest BCUT2D eigenvalue weighted by Crippen LogP contribution is -2.40. The third-order valence-corrected chi connectivity index (χ3v) is 7.96. The third kappa shape index (κ3) is 5.35. The molecule has 4 aromatic rings. The minimum Gasteiger partial charge on any atom is -0.490 e. The Bertz CT molecular complexity index is 1320. The summed E-state index contributed by atoms with van der Waals surface area (Å²) in [5.74, 6) is 1.27. The molecule has 1 N–H and O–H groups in total. The minimum absolute atomic E-state index is 0.00993. The van der Waals surface area contributed by atoms with E-state index in [0.717, 1.165) is 36.0 Å². The molecule has 6 heteroatoms. The van der Waals surface area contributed by atoms with Crippen LogP contribution in [-0.2, 0) is 0 Å². The van der Waals surface area contributed by atoms with Gasteiger partial charge in [-0.15, -0.1) is 11.3 Å². The summed E-state index contributed by atoms with van der Waals surface area (Å²) < 4.78 is 7.02. The van der Waals surface area contributed by atoms with Crippen molar-refractivity contribution in [3.8, 4) is 5.75 Å². The number of hydrogen-bond acceptors (Lipinski definition) is 5. The molecule has 0 bridgehead atoms. The molecule has 0 spiro atoms. The predicted octanol–water partition coefficient (Wildman–Crippen LogP) is 5.38. The smallest absolute Gasteiger partial charge is 0.263 e. The molecule has 0 saturated carbocycles. The molecule has 1 atom stereocenters. The number of amides is 1. The van der Waals surface area contributed by atoms with E-state index in [-0.39, 0.29) is 12.5 Å². The maximum Gasteiger partial charge on any atom is 0.263 e. The van der Waals surface area contributed by atoms with E-state index in [2.05, 4.69) is 47.4 Å². The molecule has 1 amide bonds. The summed E-state index contributed by atoms with van der Waals surface area (Å²) in [7, 11) is 3.51. The number of fused-ring (bicyclic) bond motifs is 2. The van der Waals surface area contributed by atoms with Crippen LogP contribution in [-0.4, -0.2) is 67.3 Å². The van der Waals surface area contributed by atoms with Crippen molar-refractivity contribution in [3.63, 3.8) is 0 Å². The third-order valence-electron chi connectivity index (χ3n) is 6.87. The lowest BCUT2D eigenvalue weighted by molar-refractivity contribution is 0.0599. The standard InChI is InChI=1S/C29H32N2O3S/c1-30(2)29(33)28-17-25-26(8-5-9-27(25)35-28)34-19-24(32)18-31-14-12-21(13-15-31)23-11-10-20-6-3-4-7-22(20)16-23/h3-11,16-17,21,24,32H,12-15,18-19H2,1-2H3. The number of carbonyl (C=O) groups is 1. The van der Waals surface area contributed by atoms with E-state index in [9.17, 15) is 9.90 Å². The van der Waals surface area contributed by atoms with E-state index in [1.165, 1.54) is 27.7 Å². The van der Waals surface area contributed by atoms with Crippen LogP contribution in [0.5, 0.6) is 5.75 Å².